The number of benzene rings is 1. The lowest BCUT2D eigenvalue weighted by Gasteiger charge is -2.08. The molecule has 0 fully saturated rings. The van der Waals surface area contributed by atoms with Crippen LogP contribution in [0.5, 0.6) is 5.75 Å². The molecule has 0 radical (unpaired) electrons. The number of ketones is 1. The van der Waals surface area contributed by atoms with E-state index >= 15 is 0 Å². The second-order valence-corrected chi connectivity index (χ2v) is 4.35. The molecule has 0 spiro atoms. The molecule has 0 saturated carbocycles. The number of hydrogen-bond donors (Lipinski definition) is 0. The third-order valence-corrected chi connectivity index (χ3v) is 2.84. The number of pyridine rings is 1. The van der Waals surface area contributed by atoms with E-state index in [2.05, 4.69) is 4.98 Å². The number of aromatic nitrogens is 1. The van der Waals surface area contributed by atoms with Crippen molar-refractivity contribution in [2.24, 2.45) is 0 Å². The average Bonchev–Trinajstić information content (AvgIpc) is 2.39. The minimum atomic E-state index is -0.475. The quantitative estimate of drug-likeness (QED) is 0.806. The van der Waals surface area contributed by atoms with Crippen LogP contribution in [0.15, 0.2) is 36.5 Å². The Bertz CT molecular complexity index is 599. The van der Waals surface area contributed by atoms with E-state index in [0.29, 0.717) is 16.3 Å². The molecule has 5 heteroatoms. The summed E-state index contributed by atoms with van der Waals surface area (Å²) in [7, 11) is 1.52. The van der Waals surface area contributed by atoms with Gasteiger partial charge in [-0.15, -0.1) is 0 Å². The van der Waals surface area contributed by atoms with Crippen molar-refractivity contribution >= 4 is 17.4 Å². The van der Waals surface area contributed by atoms with Crippen LogP contribution in [0.2, 0.25) is 5.02 Å². The summed E-state index contributed by atoms with van der Waals surface area (Å²) in [4.78, 5) is 15.8. The van der Waals surface area contributed by atoms with Crippen molar-refractivity contribution < 1.29 is 13.9 Å². The predicted octanol–water partition coefficient (Wildman–Crippen LogP) is 3.31. The zero-order valence-electron chi connectivity index (χ0n) is 10.2. The Labute approximate surface area is 115 Å². The molecule has 0 N–H and O–H groups in total. The SMILES string of the molecule is COc1ccc(Cl)cc1CC(=O)c1ccc(F)cn1. The highest BCUT2D eigenvalue weighted by molar-refractivity contribution is 6.30. The molecule has 3 nitrogen and oxygen atoms in total. The first kappa shape index (κ1) is 13.5. The van der Waals surface area contributed by atoms with Crippen LogP contribution in [-0.2, 0) is 6.42 Å². The maximum atomic E-state index is 12.7. The van der Waals surface area contributed by atoms with Crippen LogP contribution in [0.1, 0.15) is 16.1 Å². The van der Waals surface area contributed by atoms with Gasteiger partial charge in [-0.3, -0.25) is 9.78 Å². The van der Waals surface area contributed by atoms with Crippen molar-refractivity contribution in [1.82, 2.24) is 4.98 Å². The maximum Gasteiger partial charge on any atom is 0.185 e. The molecular weight excluding hydrogens is 269 g/mol. The Morgan fingerprint density at radius 3 is 2.79 bits per heavy atom. The topological polar surface area (TPSA) is 39.2 Å². The van der Waals surface area contributed by atoms with Crippen molar-refractivity contribution in [1.29, 1.82) is 0 Å². The number of nitrogens with zero attached hydrogens (tertiary/aromatic N) is 1. The van der Waals surface area contributed by atoms with Crippen LogP contribution < -0.4 is 4.74 Å². The zero-order chi connectivity index (χ0) is 13.8. The lowest BCUT2D eigenvalue weighted by molar-refractivity contribution is 0.0987. The van der Waals surface area contributed by atoms with Crippen molar-refractivity contribution in [3.63, 3.8) is 0 Å². The van der Waals surface area contributed by atoms with E-state index in [4.69, 9.17) is 16.3 Å². The summed E-state index contributed by atoms with van der Waals surface area (Å²) in [6, 6.07) is 7.61. The Hall–Kier alpha value is -1.94. The van der Waals surface area contributed by atoms with Crippen molar-refractivity contribution in [2.45, 2.75) is 6.42 Å². The molecule has 19 heavy (non-hydrogen) atoms. The summed E-state index contributed by atoms with van der Waals surface area (Å²) in [5, 5.41) is 0.524. The number of Topliss-reactive ketones (excluding diaryl/α,β-unsaturated/α-hetero) is 1. The summed E-state index contributed by atoms with van der Waals surface area (Å²) >= 11 is 5.89. The van der Waals surface area contributed by atoms with Gasteiger partial charge in [0.1, 0.15) is 17.3 Å². The van der Waals surface area contributed by atoms with Gasteiger partial charge in [0.05, 0.1) is 13.3 Å². The summed E-state index contributed by atoms with van der Waals surface area (Å²) in [5.74, 6) is -0.114. The molecule has 0 unspecified atom stereocenters. The van der Waals surface area contributed by atoms with Crippen LogP contribution in [0.4, 0.5) is 4.39 Å². The Morgan fingerprint density at radius 2 is 2.16 bits per heavy atom. The van der Waals surface area contributed by atoms with Gasteiger partial charge in [0, 0.05) is 17.0 Å². The number of rotatable bonds is 4. The number of hydrogen-bond acceptors (Lipinski definition) is 3. The van der Waals surface area contributed by atoms with Crippen LogP contribution in [0.3, 0.4) is 0 Å². The van der Waals surface area contributed by atoms with E-state index in [1.165, 1.54) is 19.2 Å². The van der Waals surface area contributed by atoms with Gasteiger partial charge >= 0.3 is 0 Å². The number of carbonyl (C=O) groups excluding carboxylic acids is 1. The number of halogens is 2. The molecule has 1 aromatic carbocycles. The smallest absolute Gasteiger partial charge is 0.185 e. The lowest BCUT2D eigenvalue weighted by atomic mass is 10.1. The predicted molar refractivity (Wildman–Crippen MR) is 70.2 cm³/mol. The van der Waals surface area contributed by atoms with Crippen LogP contribution in [0, 0.1) is 5.82 Å². The number of methoxy groups -OCH3 is 1. The third-order valence-electron chi connectivity index (χ3n) is 2.61. The van der Waals surface area contributed by atoms with Gasteiger partial charge in [0.2, 0.25) is 0 Å². The normalized spacial score (nSPS) is 10.3. The van der Waals surface area contributed by atoms with E-state index in [1.807, 2.05) is 0 Å². The van der Waals surface area contributed by atoms with Crippen LogP contribution in [-0.4, -0.2) is 17.9 Å². The molecule has 0 amide bonds. The standard InChI is InChI=1S/C14H11ClFNO2/c1-19-14-5-2-10(15)6-9(14)7-13(18)12-4-3-11(16)8-17-12/h2-6,8H,7H2,1H3. The van der Waals surface area contributed by atoms with Gasteiger partial charge in [0.25, 0.3) is 0 Å². The highest BCUT2D eigenvalue weighted by Crippen LogP contribution is 2.23. The highest BCUT2D eigenvalue weighted by atomic mass is 35.5. The lowest BCUT2D eigenvalue weighted by Crippen LogP contribution is -2.07. The third kappa shape index (κ3) is 3.29. The number of carbonyl (C=O) groups is 1. The largest absolute Gasteiger partial charge is 0.496 e. The molecule has 0 aliphatic carbocycles. The van der Waals surface area contributed by atoms with Gasteiger partial charge in [0.15, 0.2) is 5.78 Å². The van der Waals surface area contributed by atoms with Gasteiger partial charge in [-0.05, 0) is 30.3 Å². The molecule has 2 aromatic rings. The van der Waals surface area contributed by atoms with Gasteiger partial charge in [-0.1, -0.05) is 11.6 Å². The summed E-state index contributed by atoms with van der Waals surface area (Å²) in [6.07, 6.45) is 1.12. The molecule has 0 saturated heterocycles. The van der Waals surface area contributed by atoms with Crippen molar-refractivity contribution in [3.05, 3.63) is 58.6 Å². The average molecular weight is 280 g/mol. The molecule has 0 atom stereocenters. The fourth-order valence-corrected chi connectivity index (χ4v) is 1.88. The molecule has 0 aliphatic rings. The van der Waals surface area contributed by atoms with Gasteiger partial charge < -0.3 is 4.74 Å². The van der Waals surface area contributed by atoms with E-state index in [-0.39, 0.29) is 17.9 Å². The monoisotopic (exact) mass is 279 g/mol. The molecule has 0 bridgehead atoms. The molecule has 1 heterocycles. The van der Waals surface area contributed by atoms with E-state index in [0.717, 1.165) is 6.20 Å². The minimum Gasteiger partial charge on any atom is -0.496 e. The highest BCUT2D eigenvalue weighted by Gasteiger charge is 2.12. The van der Waals surface area contributed by atoms with Crippen molar-refractivity contribution in [3.8, 4) is 5.75 Å². The van der Waals surface area contributed by atoms with Crippen LogP contribution in [0.25, 0.3) is 0 Å². The Kier molecular flexibility index (Phi) is 4.12. The van der Waals surface area contributed by atoms with Gasteiger partial charge in [-0.2, -0.15) is 0 Å². The fourth-order valence-electron chi connectivity index (χ4n) is 1.69. The maximum absolute atomic E-state index is 12.7. The van der Waals surface area contributed by atoms with Crippen molar-refractivity contribution in [2.75, 3.05) is 7.11 Å². The molecule has 0 aliphatic heterocycles. The second kappa shape index (κ2) is 5.80. The van der Waals surface area contributed by atoms with E-state index in [1.54, 1.807) is 18.2 Å². The minimum absolute atomic E-state index is 0.0996. The first-order valence-corrected chi connectivity index (χ1v) is 5.95. The second-order valence-electron chi connectivity index (χ2n) is 3.92. The molecular formula is C14H11ClFNO2. The molecule has 98 valence electrons. The fraction of sp³-hybridized carbons (Fsp3) is 0.143. The molecule has 1 aromatic heterocycles. The Morgan fingerprint density at radius 1 is 1.37 bits per heavy atom. The summed E-state index contributed by atoms with van der Waals surface area (Å²) in [5.41, 5.74) is 0.884. The zero-order valence-corrected chi connectivity index (χ0v) is 10.9. The van der Waals surface area contributed by atoms with Gasteiger partial charge in [-0.25, -0.2) is 4.39 Å². The van der Waals surface area contributed by atoms with E-state index in [9.17, 15) is 9.18 Å². The first-order valence-electron chi connectivity index (χ1n) is 5.57. The number of ether oxygens (including phenoxy) is 1. The first-order chi connectivity index (χ1) is 9.10. The summed E-state index contributed by atoms with van der Waals surface area (Å²) < 4.78 is 17.9. The van der Waals surface area contributed by atoms with E-state index < -0.39 is 5.82 Å². The van der Waals surface area contributed by atoms with Crippen LogP contribution >= 0.6 is 11.6 Å². The summed E-state index contributed by atoms with van der Waals surface area (Å²) in [6.45, 7) is 0. The Balaban J connectivity index is 2.23. The molecule has 2 rings (SSSR count).